The van der Waals surface area contributed by atoms with Gasteiger partial charge in [-0.2, -0.15) is 0 Å². The predicted molar refractivity (Wildman–Crippen MR) is 134 cm³/mol. The number of rotatable bonds is 5. The minimum Gasteiger partial charge on any atom is -0.478 e. The van der Waals surface area contributed by atoms with Crippen LogP contribution in [0.1, 0.15) is 42.2 Å². The summed E-state index contributed by atoms with van der Waals surface area (Å²) < 4.78 is 0. The van der Waals surface area contributed by atoms with Crippen molar-refractivity contribution in [1.82, 2.24) is 0 Å². The van der Waals surface area contributed by atoms with Gasteiger partial charge in [0, 0.05) is 38.4 Å². The first-order valence-electron chi connectivity index (χ1n) is 10.3. The van der Waals surface area contributed by atoms with Gasteiger partial charge in [0.15, 0.2) is 0 Å². The number of benzene rings is 5. The van der Waals surface area contributed by atoms with Gasteiger partial charge in [-0.05, 0) is 45.1 Å². The maximum absolute atomic E-state index is 12.4. The molecule has 5 aromatic rings. The summed E-state index contributed by atoms with van der Waals surface area (Å²) in [6.45, 7) is 0. The van der Waals surface area contributed by atoms with Crippen LogP contribution in [0.25, 0.3) is 43.1 Å². The summed E-state index contributed by atoms with van der Waals surface area (Å²) in [7, 11) is 0. The Balaban J connectivity index is 2.25. The zero-order valence-electron chi connectivity index (χ0n) is 18.0. The molecule has 35 heavy (non-hydrogen) atoms. The van der Waals surface area contributed by atoms with E-state index in [4.69, 9.17) is 33.8 Å². The van der Waals surface area contributed by atoms with Crippen LogP contribution in [-0.4, -0.2) is 34.6 Å². The van der Waals surface area contributed by atoms with Gasteiger partial charge >= 0.3 is 5.97 Å². The molecule has 10 nitrogen and oxygen atoms in total. The molecule has 0 aliphatic heterocycles. The Kier molecular flexibility index (Phi) is 4.39. The van der Waals surface area contributed by atoms with Crippen LogP contribution >= 0.6 is 0 Å². The first kappa shape index (κ1) is 21.6. The minimum absolute atomic E-state index is 0.0664. The van der Waals surface area contributed by atoms with Crippen LogP contribution in [0, 0.1) is 10.8 Å². The van der Waals surface area contributed by atoms with Crippen molar-refractivity contribution in [2.75, 3.05) is 0 Å². The van der Waals surface area contributed by atoms with Crippen LogP contribution < -0.4 is 22.9 Å². The van der Waals surface area contributed by atoms with Gasteiger partial charge in [-0.15, -0.1) is 0 Å². The zero-order valence-corrected chi connectivity index (χ0v) is 18.0. The van der Waals surface area contributed by atoms with E-state index >= 15 is 0 Å². The van der Waals surface area contributed by atoms with E-state index in [0.717, 1.165) is 0 Å². The summed E-state index contributed by atoms with van der Waals surface area (Å²) in [5.74, 6) is -3.49. The second-order valence-electron chi connectivity index (χ2n) is 8.19. The molecule has 10 heteroatoms. The van der Waals surface area contributed by atoms with E-state index in [2.05, 4.69) is 0 Å². The molecule has 0 atom stereocenters. The van der Waals surface area contributed by atoms with Gasteiger partial charge in [0.25, 0.3) is 0 Å². The molecular weight excluding hydrogens is 448 g/mol. The number of primary amides is 2. The molecular formula is C25H18N6O4. The van der Waals surface area contributed by atoms with Crippen LogP contribution in [-0.2, 0) is 0 Å². The number of carboxylic acids is 1. The Morgan fingerprint density at radius 1 is 0.543 bits per heavy atom. The van der Waals surface area contributed by atoms with Gasteiger partial charge in [0.2, 0.25) is 11.8 Å². The molecule has 0 aliphatic rings. The normalized spacial score (nSPS) is 11.4. The number of aromatic carboxylic acids is 1. The van der Waals surface area contributed by atoms with Gasteiger partial charge in [0.05, 0.1) is 5.56 Å². The lowest BCUT2D eigenvalue weighted by molar-refractivity contribution is 0.0698. The van der Waals surface area contributed by atoms with Crippen molar-refractivity contribution >= 4 is 72.5 Å². The molecule has 0 spiro atoms. The molecule has 0 radical (unpaired) electrons. The molecule has 11 N–H and O–H groups in total. The maximum Gasteiger partial charge on any atom is 0.336 e. The Morgan fingerprint density at radius 2 is 1.00 bits per heavy atom. The average Bonchev–Trinajstić information content (AvgIpc) is 2.80. The Morgan fingerprint density at radius 3 is 1.49 bits per heavy atom. The topological polar surface area (TPSA) is 223 Å². The van der Waals surface area contributed by atoms with Crippen molar-refractivity contribution in [2.24, 2.45) is 22.9 Å². The lowest BCUT2D eigenvalue weighted by Crippen LogP contribution is -2.18. The van der Waals surface area contributed by atoms with Crippen LogP contribution in [0.5, 0.6) is 0 Å². The van der Waals surface area contributed by atoms with Crippen molar-refractivity contribution in [3.05, 3.63) is 70.3 Å². The Bertz CT molecular complexity index is 1820. The first-order valence-corrected chi connectivity index (χ1v) is 10.3. The van der Waals surface area contributed by atoms with Crippen molar-refractivity contribution in [3.63, 3.8) is 0 Å². The molecule has 0 fully saturated rings. The second kappa shape index (κ2) is 7.12. The van der Waals surface area contributed by atoms with Gasteiger partial charge in [0.1, 0.15) is 11.7 Å². The highest BCUT2D eigenvalue weighted by Crippen LogP contribution is 2.45. The fourth-order valence-corrected chi connectivity index (χ4v) is 5.01. The summed E-state index contributed by atoms with van der Waals surface area (Å²) in [6.07, 6.45) is 0. The summed E-state index contributed by atoms with van der Waals surface area (Å²) in [5.41, 5.74) is 23.3. The number of nitrogen functional groups attached to an aromatic ring is 2. The maximum atomic E-state index is 12.4. The summed E-state index contributed by atoms with van der Waals surface area (Å²) >= 11 is 0. The largest absolute Gasteiger partial charge is 0.478 e. The van der Waals surface area contributed by atoms with Crippen molar-refractivity contribution in [2.45, 2.75) is 0 Å². The number of hydrogen-bond donors (Lipinski definition) is 7. The van der Waals surface area contributed by atoms with Crippen molar-refractivity contribution in [1.29, 1.82) is 10.8 Å². The van der Waals surface area contributed by atoms with Crippen LogP contribution in [0.3, 0.4) is 0 Å². The molecule has 0 saturated heterocycles. The first-order chi connectivity index (χ1) is 16.5. The molecule has 5 aromatic carbocycles. The molecule has 0 aliphatic carbocycles. The number of nitrogens with two attached hydrogens (primary N) is 4. The van der Waals surface area contributed by atoms with Crippen LogP contribution in [0.15, 0.2) is 42.5 Å². The molecule has 0 bridgehead atoms. The highest BCUT2D eigenvalue weighted by atomic mass is 16.4. The highest BCUT2D eigenvalue weighted by Gasteiger charge is 2.26. The third-order valence-electron chi connectivity index (χ3n) is 6.34. The fraction of sp³-hybridized carbons (Fsp3) is 0. The number of hydrogen-bond acceptors (Lipinski definition) is 5. The van der Waals surface area contributed by atoms with Gasteiger partial charge < -0.3 is 28.0 Å². The van der Waals surface area contributed by atoms with Gasteiger partial charge in [-0.3, -0.25) is 20.4 Å². The Labute approximate surface area is 196 Å². The number of nitrogens with one attached hydrogen (secondary N) is 2. The molecule has 0 saturated carbocycles. The van der Waals surface area contributed by atoms with Gasteiger partial charge in [-0.1, -0.05) is 24.3 Å². The fourth-order valence-electron chi connectivity index (χ4n) is 5.01. The minimum atomic E-state index is -1.27. The van der Waals surface area contributed by atoms with E-state index in [1.54, 1.807) is 24.3 Å². The molecule has 0 unspecified atom stereocenters. The van der Waals surface area contributed by atoms with E-state index in [0.29, 0.717) is 32.3 Å². The number of carbonyl (C=O) groups excluding carboxylic acids is 2. The van der Waals surface area contributed by atoms with Gasteiger partial charge in [-0.25, -0.2) is 4.79 Å². The third kappa shape index (κ3) is 2.80. The number of carbonyl (C=O) groups is 3. The van der Waals surface area contributed by atoms with E-state index in [1.165, 1.54) is 18.2 Å². The average molecular weight is 466 g/mol. The smallest absolute Gasteiger partial charge is 0.336 e. The van der Waals surface area contributed by atoms with E-state index in [9.17, 15) is 19.5 Å². The second-order valence-corrected chi connectivity index (χ2v) is 8.19. The molecule has 2 amide bonds. The van der Waals surface area contributed by atoms with E-state index < -0.39 is 17.8 Å². The molecule has 5 rings (SSSR count). The third-order valence-corrected chi connectivity index (χ3v) is 6.34. The standard InChI is InChI=1S/C25H18N6O4/c26-21(27)11-4-1-9-8-2-5-12(23(30)32)19-13(24(31)33)6-3-10(16(8)19)17-15(25(34)35)7-14(22(28)29)18(11)20(9)17/h1-7H,(H3,26,27)(H3,28,29)(H2,30,32)(H2,31,33)(H,34,35). The number of carboxylic acid groups (broad SMARTS) is 1. The van der Waals surface area contributed by atoms with Crippen molar-refractivity contribution in [3.8, 4) is 0 Å². The summed E-state index contributed by atoms with van der Waals surface area (Å²) in [4.78, 5) is 36.9. The zero-order chi connectivity index (χ0) is 25.3. The number of fused-ring (bicyclic) bond motifs is 2. The van der Waals surface area contributed by atoms with E-state index in [-0.39, 0.29) is 50.3 Å². The number of amides is 2. The highest BCUT2D eigenvalue weighted by molar-refractivity contribution is 6.40. The number of amidine groups is 2. The Hall–Kier alpha value is -5.25. The van der Waals surface area contributed by atoms with Crippen LogP contribution in [0.2, 0.25) is 0 Å². The molecule has 172 valence electrons. The molecule has 0 heterocycles. The van der Waals surface area contributed by atoms with Crippen molar-refractivity contribution < 1.29 is 19.5 Å². The lowest BCUT2D eigenvalue weighted by atomic mass is 9.82. The summed E-state index contributed by atoms with van der Waals surface area (Å²) in [6, 6.07) is 10.7. The SMILES string of the molecule is N=C(N)c1ccc2c3ccc(C(N)=O)c4c(C(N)=O)ccc(c5c(C(=O)O)cc(C(=N)N)c1c25)c43. The molecule has 0 aromatic heterocycles. The van der Waals surface area contributed by atoms with E-state index in [1.807, 2.05) is 0 Å². The predicted octanol–water partition coefficient (Wildman–Crippen LogP) is 2.20. The lowest BCUT2D eigenvalue weighted by Gasteiger charge is -2.21. The monoisotopic (exact) mass is 466 g/mol. The summed E-state index contributed by atoms with van der Waals surface area (Å²) in [5, 5.41) is 29.6. The quantitative estimate of drug-likeness (QED) is 0.0888. The van der Waals surface area contributed by atoms with Crippen LogP contribution in [0.4, 0.5) is 0 Å².